The number of nitrogens with zero attached hydrogens (tertiary/aromatic N) is 1. The molecule has 0 saturated carbocycles. The third kappa shape index (κ3) is 6.48. The van der Waals surface area contributed by atoms with Gasteiger partial charge in [0.1, 0.15) is 0 Å². The topological polar surface area (TPSA) is 58.6 Å². The number of ether oxygens (including phenoxy) is 1. The van der Waals surface area contributed by atoms with Crippen molar-refractivity contribution in [3.05, 3.63) is 65.2 Å². The van der Waals surface area contributed by atoms with Gasteiger partial charge in [0.05, 0.1) is 7.11 Å². The van der Waals surface area contributed by atoms with E-state index in [1.54, 1.807) is 0 Å². The first-order valence-electron chi connectivity index (χ1n) is 10.6. The number of benzene rings is 2. The third-order valence-electron chi connectivity index (χ3n) is 5.77. The van der Waals surface area contributed by atoms with Crippen LogP contribution in [0.3, 0.4) is 0 Å². The summed E-state index contributed by atoms with van der Waals surface area (Å²) in [4.78, 5) is 23.5. The molecule has 0 radical (unpaired) electrons. The van der Waals surface area contributed by atoms with Crippen LogP contribution in [-0.2, 0) is 27.3 Å². The van der Waals surface area contributed by atoms with Crippen molar-refractivity contribution in [3.8, 4) is 0 Å². The number of carbonyl (C=O) groups excluding carboxylic acids is 2. The normalized spacial score (nSPS) is 14.8. The molecule has 1 fully saturated rings. The quantitative estimate of drug-likeness (QED) is 0.626. The first-order valence-corrected chi connectivity index (χ1v) is 10.6. The summed E-state index contributed by atoms with van der Waals surface area (Å²) in [7, 11) is 1.38. The second kappa shape index (κ2) is 10.5. The van der Waals surface area contributed by atoms with E-state index in [0.29, 0.717) is 32.2 Å². The number of nitrogens with one attached hydrogen (secondary N) is 1. The van der Waals surface area contributed by atoms with Crippen LogP contribution in [0.2, 0.25) is 0 Å². The van der Waals surface area contributed by atoms with Crippen molar-refractivity contribution in [1.29, 1.82) is 0 Å². The van der Waals surface area contributed by atoms with Gasteiger partial charge >= 0.3 is 18.1 Å². The minimum absolute atomic E-state index is 0.127. The Morgan fingerprint density at radius 1 is 1.00 bits per heavy atom. The van der Waals surface area contributed by atoms with E-state index in [1.165, 1.54) is 7.11 Å². The minimum Gasteiger partial charge on any atom is -0.469 e. The van der Waals surface area contributed by atoms with Crippen LogP contribution in [0, 0.1) is 0 Å². The van der Waals surface area contributed by atoms with Crippen molar-refractivity contribution in [2.75, 3.05) is 25.5 Å². The van der Waals surface area contributed by atoms with E-state index >= 15 is 0 Å². The molecular weight excluding hydrogens is 421 g/mol. The summed E-state index contributed by atoms with van der Waals surface area (Å²) < 4.78 is 42.4. The molecule has 1 heterocycles. The highest BCUT2D eigenvalue weighted by Gasteiger charge is 2.43. The van der Waals surface area contributed by atoms with Gasteiger partial charge in [0, 0.05) is 31.7 Å². The number of carbonyl (C=O) groups is 2. The van der Waals surface area contributed by atoms with Gasteiger partial charge in [-0.3, -0.25) is 9.59 Å². The molecule has 2 aromatic rings. The molecule has 1 N–H and O–H groups in total. The number of piperidine rings is 1. The smallest absolute Gasteiger partial charge is 0.469 e. The molecule has 1 amide bonds. The molecule has 8 heteroatoms. The fourth-order valence-corrected chi connectivity index (χ4v) is 3.84. The summed E-state index contributed by atoms with van der Waals surface area (Å²) >= 11 is 0. The lowest BCUT2D eigenvalue weighted by molar-refractivity contribution is -0.186. The largest absolute Gasteiger partial charge is 0.471 e. The first kappa shape index (κ1) is 23.6. The van der Waals surface area contributed by atoms with Crippen molar-refractivity contribution in [3.63, 3.8) is 0 Å². The molecule has 32 heavy (non-hydrogen) atoms. The maximum Gasteiger partial charge on any atom is 0.471 e. The van der Waals surface area contributed by atoms with E-state index in [0.717, 1.165) is 27.3 Å². The van der Waals surface area contributed by atoms with Gasteiger partial charge in [-0.15, -0.1) is 0 Å². The Morgan fingerprint density at radius 3 is 2.16 bits per heavy atom. The zero-order valence-corrected chi connectivity index (χ0v) is 18.0. The van der Waals surface area contributed by atoms with Crippen molar-refractivity contribution >= 4 is 17.6 Å². The summed E-state index contributed by atoms with van der Waals surface area (Å²) in [6.07, 6.45) is -2.75. The number of esters is 1. The first-order chi connectivity index (χ1) is 15.3. The number of hydrogen-bond acceptors (Lipinski definition) is 4. The molecule has 3 rings (SSSR count). The van der Waals surface area contributed by atoms with E-state index in [4.69, 9.17) is 0 Å². The lowest BCUT2D eigenvalue weighted by Gasteiger charge is -2.32. The molecule has 0 aromatic heterocycles. The van der Waals surface area contributed by atoms with Crippen LogP contribution in [0.5, 0.6) is 0 Å². The van der Waals surface area contributed by atoms with Crippen LogP contribution < -0.4 is 5.32 Å². The highest BCUT2D eigenvalue weighted by atomic mass is 19.4. The predicted molar refractivity (Wildman–Crippen MR) is 115 cm³/mol. The van der Waals surface area contributed by atoms with Crippen molar-refractivity contribution in [2.45, 2.75) is 44.3 Å². The second-order valence-electron chi connectivity index (χ2n) is 7.93. The highest BCUT2D eigenvalue weighted by molar-refractivity contribution is 5.81. The SMILES string of the molecule is COC(=O)CCc1ccc(NCc2ccc(C3CCN(C(=O)C(F)(F)F)CC3)cc2)cc1. The number of rotatable bonds is 7. The number of halogens is 3. The van der Waals surface area contributed by atoms with E-state index in [2.05, 4.69) is 10.1 Å². The van der Waals surface area contributed by atoms with Gasteiger partial charge in [0.15, 0.2) is 0 Å². The van der Waals surface area contributed by atoms with E-state index in [1.807, 2.05) is 48.5 Å². The van der Waals surface area contributed by atoms with Gasteiger partial charge in [-0.25, -0.2) is 0 Å². The second-order valence-corrected chi connectivity index (χ2v) is 7.93. The van der Waals surface area contributed by atoms with E-state index in [-0.39, 0.29) is 25.0 Å². The summed E-state index contributed by atoms with van der Waals surface area (Å²) in [5.41, 5.74) is 4.21. The summed E-state index contributed by atoms with van der Waals surface area (Å²) in [5.74, 6) is -1.81. The van der Waals surface area contributed by atoms with Gasteiger partial charge in [0.2, 0.25) is 0 Å². The maximum absolute atomic E-state index is 12.6. The summed E-state index contributed by atoms with van der Waals surface area (Å²) in [5, 5.41) is 3.35. The van der Waals surface area contributed by atoms with Crippen LogP contribution in [0.15, 0.2) is 48.5 Å². The van der Waals surface area contributed by atoms with Crippen molar-refractivity contribution in [2.24, 2.45) is 0 Å². The Morgan fingerprint density at radius 2 is 1.59 bits per heavy atom. The number of aryl methyl sites for hydroxylation is 1. The van der Waals surface area contributed by atoms with Crippen LogP contribution >= 0.6 is 0 Å². The average Bonchev–Trinajstić information content (AvgIpc) is 2.81. The standard InChI is InChI=1S/C24H27F3N2O3/c1-32-22(30)11-6-17-4-9-21(10-5-17)28-16-18-2-7-19(8-3-18)20-12-14-29(15-13-20)23(31)24(25,26)27/h2-5,7-10,20,28H,6,11-16H2,1H3. The number of alkyl halides is 3. The highest BCUT2D eigenvalue weighted by Crippen LogP contribution is 2.30. The lowest BCUT2D eigenvalue weighted by Crippen LogP contribution is -2.45. The number of methoxy groups -OCH3 is 1. The molecule has 0 spiro atoms. The molecule has 5 nitrogen and oxygen atoms in total. The van der Waals surface area contributed by atoms with E-state index in [9.17, 15) is 22.8 Å². The molecule has 2 aromatic carbocycles. The number of hydrogen-bond donors (Lipinski definition) is 1. The number of likely N-dealkylation sites (tertiary alicyclic amines) is 1. The predicted octanol–water partition coefficient (Wildman–Crippen LogP) is 4.67. The Balaban J connectivity index is 1.46. The monoisotopic (exact) mass is 448 g/mol. The third-order valence-corrected chi connectivity index (χ3v) is 5.77. The fourth-order valence-electron chi connectivity index (χ4n) is 3.84. The fraction of sp³-hybridized carbons (Fsp3) is 0.417. The lowest BCUT2D eigenvalue weighted by atomic mass is 9.89. The molecule has 0 bridgehead atoms. The molecule has 0 unspecified atom stereocenters. The molecule has 1 aliphatic rings. The maximum atomic E-state index is 12.6. The molecule has 172 valence electrons. The van der Waals surface area contributed by atoms with Crippen molar-refractivity contribution < 1.29 is 27.5 Å². The molecule has 1 saturated heterocycles. The Hall–Kier alpha value is -3.03. The van der Waals surface area contributed by atoms with Crippen LogP contribution in [0.1, 0.15) is 41.9 Å². The Labute approximate surface area is 185 Å². The zero-order valence-electron chi connectivity index (χ0n) is 18.0. The number of anilines is 1. The van der Waals surface area contributed by atoms with E-state index < -0.39 is 12.1 Å². The average molecular weight is 448 g/mol. The van der Waals surface area contributed by atoms with Crippen LogP contribution in [0.25, 0.3) is 0 Å². The van der Waals surface area contributed by atoms with Gasteiger partial charge in [-0.05, 0) is 54.0 Å². The van der Waals surface area contributed by atoms with Gasteiger partial charge in [-0.2, -0.15) is 13.2 Å². The van der Waals surface area contributed by atoms with Gasteiger partial charge in [0.25, 0.3) is 0 Å². The summed E-state index contributed by atoms with van der Waals surface area (Å²) in [6.45, 7) is 0.893. The summed E-state index contributed by atoms with van der Waals surface area (Å²) in [6, 6.07) is 15.9. The molecular formula is C24H27F3N2O3. The minimum atomic E-state index is -4.80. The molecule has 0 atom stereocenters. The van der Waals surface area contributed by atoms with Crippen molar-refractivity contribution in [1.82, 2.24) is 4.90 Å². The Bertz CT molecular complexity index is 904. The van der Waals surface area contributed by atoms with Crippen LogP contribution in [-0.4, -0.2) is 43.2 Å². The van der Waals surface area contributed by atoms with Gasteiger partial charge in [-0.1, -0.05) is 36.4 Å². The zero-order chi connectivity index (χ0) is 23.1. The van der Waals surface area contributed by atoms with Gasteiger partial charge < -0.3 is 15.0 Å². The molecule has 1 aliphatic heterocycles. The molecule has 0 aliphatic carbocycles. The number of amides is 1. The van der Waals surface area contributed by atoms with Crippen LogP contribution in [0.4, 0.5) is 18.9 Å². The Kier molecular flexibility index (Phi) is 7.77.